The van der Waals surface area contributed by atoms with Gasteiger partial charge in [-0.05, 0) is 36.8 Å². The van der Waals surface area contributed by atoms with Crippen LogP contribution in [0.25, 0.3) is 0 Å². The molecule has 0 spiro atoms. The van der Waals surface area contributed by atoms with Crippen LogP contribution in [-0.4, -0.2) is 5.16 Å². The summed E-state index contributed by atoms with van der Waals surface area (Å²) in [5.41, 5.74) is 0. The molecule has 116 valence electrons. The molecule has 0 aromatic rings. The first-order valence-corrected chi connectivity index (χ1v) is 9.51. The van der Waals surface area contributed by atoms with Crippen molar-refractivity contribution in [3.8, 4) is 0 Å². The lowest BCUT2D eigenvalue weighted by Gasteiger charge is -2.38. The number of hydrogen-bond donors (Lipinski definition) is 0. The van der Waals surface area contributed by atoms with E-state index in [1.165, 1.54) is 77.0 Å². The first-order valence-electron chi connectivity index (χ1n) is 8.93. The molecule has 0 heterocycles. The first-order chi connectivity index (χ1) is 9.14. The van der Waals surface area contributed by atoms with Gasteiger partial charge in [-0.1, -0.05) is 79.1 Å². The Labute approximate surface area is 125 Å². The third-order valence-electron chi connectivity index (χ3n) is 4.62. The van der Waals surface area contributed by atoms with Crippen molar-refractivity contribution >= 4 is 9.24 Å². The molecule has 1 heteroatoms. The third kappa shape index (κ3) is 8.34. The molecule has 0 rings (SSSR count). The van der Waals surface area contributed by atoms with Crippen LogP contribution < -0.4 is 0 Å². The van der Waals surface area contributed by atoms with E-state index < -0.39 is 0 Å². The van der Waals surface area contributed by atoms with Crippen LogP contribution in [-0.2, 0) is 0 Å². The Bertz CT molecular complexity index is 172. The quantitative estimate of drug-likeness (QED) is 0.320. The van der Waals surface area contributed by atoms with Gasteiger partial charge >= 0.3 is 0 Å². The van der Waals surface area contributed by atoms with Gasteiger partial charge in [-0.3, -0.25) is 0 Å². The summed E-state index contributed by atoms with van der Waals surface area (Å²) in [7, 11) is 3.32. The van der Waals surface area contributed by atoms with E-state index in [2.05, 4.69) is 36.9 Å². The second-order valence-electron chi connectivity index (χ2n) is 6.42. The zero-order chi connectivity index (χ0) is 14.6. The molecule has 0 fully saturated rings. The lowest BCUT2D eigenvalue weighted by molar-refractivity contribution is 0.276. The van der Waals surface area contributed by atoms with E-state index in [0.717, 1.165) is 5.92 Å². The minimum Gasteiger partial charge on any atom is -0.131 e. The molecular weight excluding hydrogens is 247 g/mol. The SMILES string of the molecule is CCCCC(CCCC)C(P)(CCCC)CCCC. The van der Waals surface area contributed by atoms with Crippen LogP contribution in [0.1, 0.15) is 105 Å². The van der Waals surface area contributed by atoms with Crippen molar-refractivity contribution in [2.45, 2.75) is 110 Å². The minimum absolute atomic E-state index is 0.538. The van der Waals surface area contributed by atoms with E-state index in [9.17, 15) is 0 Å². The largest absolute Gasteiger partial charge is 0.131 e. The van der Waals surface area contributed by atoms with Crippen LogP contribution >= 0.6 is 9.24 Å². The van der Waals surface area contributed by atoms with Crippen molar-refractivity contribution in [2.75, 3.05) is 0 Å². The van der Waals surface area contributed by atoms with Crippen LogP contribution in [0.2, 0.25) is 0 Å². The van der Waals surface area contributed by atoms with Gasteiger partial charge in [0.15, 0.2) is 0 Å². The van der Waals surface area contributed by atoms with Gasteiger partial charge in [-0.2, -0.15) is 0 Å². The van der Waals surface area contributed by atoms with E-state index in [1.54, 1.807) is 0 Å². The lowest BCUT2D eigenvalue weighted by Crippen LogP contribution is -2.32. The summed E-state index contributed by atoms with van der Waals surface area (Å²) < 4.78 is 0. The lowest BCUT2D eigenvalue weighted by atomic mass is 9.77. The fraction of sp³-hybridized carbons (Fsp3) is 1.00. The van der Waals surface area contributed by atoms with Gasteiger partial charge in [-0.15, -0.1) is 9.24 Å². The second-order valence-corrected chi connectivity index (χ2v) is 7.57. The molecule has 1 unspecified atom stereocenters. The fourth-order valence-corrected chi connectivity index (χ4v) is 3.91. The van der Waals surface area contributed by atoms with E-state index >= 15 is 0 Å². The molecule has 0 saturated heterocycles. The number of unbranched alkanes of at least 4 members (excludes halogenated alkanes) is 4. The number of rotatable bonds is 13. The van der Waals surface area contributed by atoms with Crippen LogP contribution in [0.15, 0.2) is 0 Å². The molecule has 0 aliphatic heterocycles. The zero-order valence-electron chi connectivity index (χ0n) is 14.1. The maximum absolute atomic E-state index is 3.32. The molecule has 0 aliphatic rings. The Balaban J connectivity index is 4.64. The van der Waals surface area contributed by atoms with Crippen molar-refractivity contribution < 1.29 is 0 Å². The molecule has 0 nitrogen and oxygen atoms in total. The summed E-state index contributed by atoms with van der Waals surface area (Å²) in [5, 5.41) is 0.538. The Hall–Kier alpha value is 0.430. The standard InChI is InChI=1S/C18H39P/c1-5-9-13-17(14-10-6-2)18(19,15-11-7-3)16-12-8-4/h17H,5-16,19H2,1-4H3. The summed E-state index contributed by atoms with van der Waals surface area (Å²) >= 11 is 0. The van der Waals surface area contributed by atoms with Gasteiger partial charge in [0.2, 0.25) is 0 Å². The molecule has 0 radical (unpaired) electrons. The van der Waals surface area contributed by atoms with E-state index in [-0.39, 0.29) is 0 Å². The number of hydrogen-bond acceptors (Lipinski definition) is 0. The van der Waals surface area contributed by atoms with Gasteiger partial charge in [-0.25, -0.2) is 0 Å². The van der Waals surface area contributed by atoms with Gasteiger partial charge < -0.3 is 0 Å². The third-order valence-corrected chi connectivity index (χ3v) is 5.67. The molecule has 0 amide bonds. The van der Waals surface area contributed by atoms with Gasteiger partial charge in [0.05, 0.1) is 0 Å². The smallest absolute Gasteiger partial charge is 0.0122 e. The summed E-state index contributed by atoms with van der Waals surface area (Å²) in [4.78, 5) is 0. The Morgan fingerprint density at radius 1 is 0.684 bits per heavy atom. The monoisotopic (exact) mass is 286 g/mol. The molecule has 0 saturated carbocycles. The highest BCUT2D eigenvalue weighted by molar-refractivity contribution is 7.19. The van der Waals surface area contributed by atoms with E-state index in [4.69, 9.17) is 0 Å². The molecule has 0 aliphatic carbocycles. The molecule has 0 aromatic carbocycles. The summed E-state index contributed by atoms with van der Waals surface area (Å²) in [6, 6.07) is 0. The van der Waals surface area contributed by atoms with E-state index in [1.807, 2.05) is 0 Å². The predicted octanol–water partition coefficient (Wildman–Crippen LogP) is 6.98. The maximum atomic E-state index is 3.32. The highest BCUT2D eigenvalue weighted by atomic mass is 31.0. The minimum atomic E-state index is 0.538. The van der Waals surface area contributed by atoms with Crippen molar-refractivity contribution in [2.24, 2.45) is 5.92 Å². The summed E-state index contributed by atoms with van der Waals surface area (Å²) in [5.74, 6) is 0.940. The van der Waals surface area contributed by atoms with Crippen molar-refractivity contribution in [3.63, 3.8) is 0 Å². The fourth-order valence-electron chi connectivity index (χ4n) is 3.17. The van der Waals surface area contributed by atoms with Gasteiger partial charge in [0.25, 0.3) is 0 Å². The normalized spacial score (nSPS) is 12.3. The van der Waals surface area contributed by atoms with Gasteiger partial charge in [0, 0.05) is 0 Å². The van der Waals surface area contributed by atoms with Crippen molar-refractivity contribution in [1.82, 2.24) is 0 Å². The first kappa shape index (κ1) is 19.4. The van der Waals surface area contributed by atoms with Crippen molar-refractivity contribution in [3.05, 3.63) is 0 Å². The Morgan fingerprint density at radius 3 is 1.37 bits per heavy atom. The molecule has 0 bridgehead atoms. The summed E-state index contributed by atoms with van der Waals surface area (Å²) in [6.07, 6.45) is 16.8. The average molecular weight is 286 g/mol. The van der Waals surface area contributed by atoms with Crippen molar-refractivity contribution in [1.29, 1.82) is 0 Å². The molecule has 0 N–H and O–H groups in total. The summed E-state index contributed by atoms with van der Waals surface area (Å²) in [6.45, 7) is 9.33. The highest BCUT2D eigenvalue weighted by Gasteiger charge is 2.32. The highest BCUT2D eigenvalue weighted by Crippen LogP contribution is 2.43. The van der Waals surface area contributed by atoms with Crippen LogP contribution in [0, 0.1) is 5.92 Å². The zero-order valence-corrected chi connectivity index (χ0v) is 15.3. The van der Waals surface area contributed by atoms with E-state index in [0.29, 0.717) is 5.16 Å². The average Bonchev–Trinajstić information content (AvgIpc) is 2.43. The predicted molar refractivity (Wildman–Crippen MR) is 94.0 cm³/mol. The maximum Gasteiger partial charge on any atom is -0.0122 e. The van der Waals surface area contributed by atoms with Crippen LogP contribution in [0.5, 0.6) is 0 Å². The molecule has 1 atom stereocenters. The van der Waals surface area contributed by atoms with Gasteiger partial charge in [0.1, 0.15) is 0 Å². The van der Waals surface area contributed by atoms with Crippen LogP contribution in [0.3, 0.4) is 0 Å². The van der Waals surface area contributed by atoms with Crippen LogP contribution in [0.4, 0.5) is 0 Å². The second kappa shape index (κ2) is 12.2. The Kier molecular flexibility index (Phi) is 12.5. The Morgan fingerprint density at radius 2 is 1.05 bits per heavy atom. The molecular formula is C18H39P. The molecule has 0 aromatic heterocycles. The molecule has 19 heavy (non-hydrogen) atoms. The topological polar surface area (TPSA) is 0 Å².